The van der Waals surface area contributed by atoms with E-state index in [1.807, 2.05) is 32.0 Å². The molecule has 0 spiro atoms. The van der Waals surface area contributed by atoms with Gasteiger partial charge in [0.05, 0.1) is 17.9 Å². The van der Waals surface area contributed by atoms with Crippen molar-refractivity contribution in [1.29, 1.82) is 0 Å². The van der Waals surface area contributed by atoms with Crippen LogP contribution in [0.2, 0.25) is 0 Å². The van der Waals surface area contributed by atoms with Gasteiger partial charge in [0, 0.05) is 29.4 Å². The first-order valence-electron chi connectivity index (χ1n) is 12.2. The Kier molecular flexibility index (Phi) is 7.14. The average Bonchev–Trinajstić information content (AvgIpc) is 3.11. The van der Waals surface area contributed by atoms with E-state index in [2.05, 4.69) is 35.4 Å². The Labute approximate surface area is 218 Å². The van der Waals surface area contributed by atoms with Crippen LogP contribution in [0.25, 0.3) is 11.3 Å². The van der Waals surface area contributed by atoms with Crippen LogP contribution in [0.15, 0.2) is 53.6 Å². The van der Waals surface area contributed by atoms with Crippen molar-refractivity contribution >= 4 is 27.6 Å². The molecule has 1 aliphatic rings. The molecule has 3 N–H and O–H groups in total. The minimum atomic E-state index is -4.25. The zero-order chi connectivity index (χ0) is 27.0. The topological polar surface area (TPSA) is 128 Å². The maximum Gasteiger partial charge on any atom is 0.268 e. The monoisotopic (exact) mass is 523 g/mol. The summed E-state index contributed by atoms with van der Waals surface area (Å²) in [5, 5.41) is 0. The second-order valence-corrected chi connectivity index (χ2v) is 11.6. The van der Waals surface area contributed by atoms with E-state index in [1.54, 1.807) is 12.1 Å². The van der Waals surface area contributed by atoms with Gasteiger partial charge < -0.3 is 15.4 Å². The number of amides is 1. The van der Waals surface area contributed by atoms with Crippen LogP contribution in [0.1, 0.15) is 50.0 Å². The fourth-order valence-corrected chi connectivity index (χ4v) is 6.06. The molecule has 0 aliphatic carbocycles. The molecule has 3 heterocycles. The second kappa shape index (κ2) is 10.0. The van der Waals surface area contributed by atoms with E-state index in [-0.39, 0.29) is 21.8 Å². The third-order valence-corrected chi connectivity index (χ3v) is 8.00. The van der Waals surface area contributed by atoms with Crippen LogP contribution in [-0.2, 0) is 10.0 Å². The largest absolute Gasteiger partial charge is 0.494 e. The Bertz CT molecular complexity index is 1440. The molecule has 2 aromatic heterocycles. The number of nitrogens with zero attached hydrogens (tertiary/aromatic N) is 3. The highest BCUT2D eigenvalue weighted by Gasteiger charge is 2.39. The van der Waals surface area contributed by atoms with Crippen molar-refractivity contribution in [1.82, 2.24) is 14.7 Å². The first-order chi connectivity index (χ1) is 17.4. The highest BCUT2D eigenvalue weighted by molar-refractivity contribution is 7.90. The van der Waals surface area contributed by atoms with Crippen molar-refractivity contribution in [3.8, 4) is 17.0 Å². The molecule has 1 aliphatic heterocycles. The quantitative estimate of drug-likeness (QED) is 0.472. The van der Waals surface area contributed by atoms with E-state index in [1.165, 1.54) is 18.3 Å². The van der Waals surface area contributed by atoms with Gasteiger partial charge in [-0.25, -0.2) is 23.1 Å². The zero-order valence-electron chi connectivity index (χ0n) is 21.8. The molecular weight excluding hydrogens is 490 g/mol. The van der Waals surface area contributed by atoms with Crippen LogP contribution in [0.3, 0.4) is 0 Å². The molecule has 1 saturated heterocycles. The van der Waals surface area contributed by atoms with Crippen molar-refractivity contribution in [3.05, 3.63) is 59.8 Å². The summed E-state index contributed by atoms with van der Waals surface area (Å²) < 4.78 is 33.9. The molecule has 1 fully saturated rings. The van der Waals surface area contributed by atoms with Crippen LogP contribution in [0.4, 0.5) is 11.6 Å². The van der Waals surface area contributed by atoms with Crippen LogP contribution in [0, 0.1) is 12.8 Å². The van der Waals surface area contributed by atoms with E-state index in [0.717, 1.165) is 23.3 Å². The first-order valence-corrected chi connectivity index (χ1v) is 13.7. The Morgan fingerprint density at radius 1 is 1.22 bits per heavy atom. The molecule has 1 amide bonds. The van der Waals surface area contributed by atoms with Crippen LogP contribution in [0.5, 0.6) is 5.75 Å². The number of rotatable bonds is 7. The number of nitrogens with one attached hydrogen (secondary N) is 1. The predicted octanol–water partition coefficient (Wildman–Crippen LogP) is 4.18. The lowest BCUT2D eigenvalue weighted by Crippen LogP contribution is -2.41. The highest BCUT2D eigenvalue weighted by atomic mass is 32.2. The van der Waals surface area contributed by atoms with E-state index in [0.29, 0.717) is 30.6 Å². The summed E-state index contributed by atoms with van der Waals surface area (Å²) in [6.45, 7) is 11.5. The Morgan fingerprint density at radius 3 is 2.62 bits per heavy atom. The predicted molar refractivity (Wildman–Crippen MR) is 144 cm³/mol. The smallest absolute Gasteiger partial charge is 0.268 e. The molecule has 4 rings (SSSR count). The minimum Gasteiger partial charge on any atom is -0.494 e. The molecule has 0 unspecified atom stereocenters. The number of hydrogen-bond donors (Lipinski definition) is 2. The Hall–Kier alpha value is -3.66. The number of nitrogens with two attached hydrogens (primary N) is 1. The summed E-state index contributed by atoms with van der Waals surface area (Å²) in [6.07, 6.45) is 2.29. The Morgan fingerprint density at radius 2 is 1.97 bits per heavy atom. The molecule has 37 heavy (non-hydrogen) atoms. The van der Waals surface area contributed by atoms with Gasteiger partial charge in [-0.2, -0.15) is 0 Å². The molecule has 3 aromatic rings. The molecule has 1 aromatic carbocycles. The minimum absolute atomic E-state index is 0.163. The molecular formula is C27H33N5O4S. The number of pyridine rings is 2. The maximum atomic E-state index is 13.4. The van der Waals surface area contributed by atoms with Gasteiger partial charge in [0.25, 0.3) is 15.9 Å². The molecule has 9 nitrogen and oxygen atoms in total. The van der Waals surface area contributed by atoms with E-state index < -0.39 is 15.9 Å². The number of nitrogen functional groups attached to an aromatic ring is 1. The van der Waals surface area contributed by atoms with E-state index >= 15 is 0 Å². The van der Waals surface area contributed by atoms with Gasteiger partial charge in [-0.05, 0) is 70.4 Å². The zero-order valence-corrected chi connectivity index (χ0v) is 22.6. The summed E-state index contributed by atoms with van der Waals surface area (Å²) >= 11 is 0. The fourth-order valence-electron chi connectivity index (χ4n) is 5.01. The van der Waals surface area contributed by atoms with Gasteiger partial charge in [-0.3, -0.25) is 4.79 Å². The molecule has 196 valence electrons. The van der Waals surface area contributed by atoms with Gasteiger partial charge >= 0.3 is 0 Å². The lowest BCUT2D eigenvalue weighted by atomic mass is 9.97. The first kappa shape index (κ1) is 26.4. The van der Waals surface area contributed by atoms with Crippen molar-refractivity contribution < 1.29 is 17.9 Å². The number of anilines is 2. The SMILES string of the molecule is CCOc1cccc(-c2ccc(C(=O)NS(=O)(=O)c3cccnc3N)c(N3C[C@@H](C)CC3(C)C)n2)c1C. The van der Waals surface area contributed by atoms with Gasteiger partial charge in [-0.15, -0.1) is 0 Å². The van der Waals surface area contributed by atoms with Crippen LogP contribution < -0.4 is 20.1 Å². The van der Waals surface area contributed by atoms with Crippen molar-refractivity contribution in [2.75, 3.05) is 23.8 Å². The number of hydrogen-bond acceptors (Lipinski definition) is 8. The molecule has 10 heteroatoms. The normalized spacial score (nSPS) is 17.0. The van der Waals surface area contributed by atoms with E-state index in [4.69, 9.17) is 15.5 Å². The third kappa shape index (κ3) is 5.24. The Balaban J connectivity index is 1.81. The lowest BCUT2D eigenvalue weighted by Gasteiger charge is -2.34. The molecule has 0 bridgehead atoms. The fraction of sp³-hybridized carbons (Fsp3) is 0.370. The number of ether oxygens (including phenoxy) is 1. The average molecular weight is 524 g/mol. The van der Waals surface area contributed by atoms with Crippen molar-refractivity contribution in [2.24, 2.45) is 5.92 Å². The lowest BCUT2D eigenvalue weighted by molar-refractivity contribution is 0.0981. The summed E-state index contributed by atoms with van der Waals surface area (Å²) in [5.74, 6) is 0.599. The van der Waals surface area contributed by atoms with Gasteiger partial charge in [-0.1, -0.05) is 19.1 Å². The van der Waals surface area contributed by atoms with Crippen molar-refractivity contribution in [3.63, 3.8) is 0 Å². The number of sulfonamides is 1. The van der Waals surface area contributed by atoms with E-state index in [9.17, 15) is 13.2 Å². The molecule has 0 radical (unpaired) electrons. The van der Waals surface area contributed by atoms with Gasteiger partial charge in [0.1, 0.15) is 22.3 Å². The maximum absolute atomic E-state index is 13.4. The summed E-state index contributed by atoms with van der Waals surface area (Å²) in [7, 11) is -4.25. The number of benzene rings is 1. The van der Waals surface area contributed by atoms with Crippen molar-refractivity contribution in [2.45, 2.75) is 51.5 Å². The molecule has 0 saturated carbocycles. The molecule has 1 atom stereocenters. The standard InChI is InChI=1S/C27H33N5O4S/c1-6-36-22-10-7-9-19(18(22)3)21-13-12-20(25(30-21)32-16-17(2)15-27(32,4)5)26(33)31-37(34,35)23-11-8-14-29-24(23)28/h7-14,17H,6,15-16H2,1-5H3,(H2,28,29)(H,31,33)/t17-/m0/s1. The summed E-state index contributed by atoms with van der Waals surface area (Å²) in [5.41, 5.74) is 8.12. The summed E-state index contributed by atoms with van der Waals surface area (Å²) in [6, 6.07) is 11.9. The second-order valence-electron chi connectivity index (χ2n) is 9.98. The number of aromatic nitrogens is 2. The third-order valence-electron chi connectivity index (χ3n) is 6.62. The van der Waals surface area contributed by atoms with Gasteiger partial charge in [0.15, 0.2) is 0 Å². The van der Waals surface area contributed by atoms with Crippen LogP contribution >= 0.6 is 0 Å². The number of carbonyl (C=O) groups is 1. The highest BCUT2D eigenvalue weighted by Crippen LogP contribution is 2.39. The van der Waals surface area contributed by atoms with Crippen LogP contribution in [-0.4, -0.2) is 43.0 Å². The summed E-state index contributed by atoms with van der Waals surface area (Å²) in [4.78, 5) is 24.0. The number of carbonyl (C=O) groups excluding carboxylic acids is 1. The van der Waals surface area contributed by atoms with Gasteiger partial charge in [0.2, 0.25) is 0 Å².